The summed E-state index contributed by atoms with van der Waals surface area (Å²) in [6.07, 6.45) is 1.10. The van der Waals surface area contributed by atoms with Crippen LogP contribution in [-0.4, -0.2) is 51.3 Å². The monoisotopic (exact) mass is 473 g/mol. The molecule has 0 bridgehead atoms. The summed E-state index contributed by atoms with van der Waals surface area (Å²) in [5, 5.41) is 5.43. The van der Waals surface area contributed by atoms with E-state index in [1.54, 1.807) is 40.7 Å². The second-order valence-corrected chi connectivity index (χ2v) is 10.5. The zero-order valence-corrected chi connectivity index (χ0v) is 20.0. The smallest absolute Gasteiger partial charge is 0.255 e. The summed E-state index contributed by atoms with van der Waals surface area (Å²) in [4.78, 5) is 24.7. The maximum absolute atomic E-state index is 13.0. The van der Waals surface area contributed by atoms with Crippen LogP contribution in [0.15, 0.2) is 53.4 Å². The summed E-state index contributed by atoms with van der Waals surface area (Å²) in [6.45, 7) is 5.32. The van der Waals surface area contributed by atoms with Gasteiger partial charge in [-0.1, -0.05) is 26.0 Å². The number of amides is 2. The first-order valence-corrected chi connectivity index (χ1v) is 12.5. The molecule has 0 aromatic heterocycles. The van der Waals surface area contributed by atoms with Gasteiger partial charge in [-0.05, 0) is 54.7 Å². The first-order valence-electron chi connectivity index (χ1n) is 11.0. The molecule has 0 saturated carbocycles. The van der Waals surface area contributed by atoms with Gasteiger partial charge < -0.3 is 15.4 Å². The first-order chi connectivity index (χ1) is 15.7. The van der Waals surface area contributed by atoms with Crippen molar-refractivity contribution < 1.29 is 22.7 Å². The minimum absolute atomic E-state index is 0.0739. The minimum Gasteiger partial charge on any atom is -0.496 e. The van der Waals surface area contributed by atoms with Crippen molar-refractivity contribution in [3.63, 3.8) is 0 Å². The van der Waals surface area contributed by atoms with Crippen LogP contribution in [0.2, 0.25) is 0 Å². The van der Waals surface area contributed by atoms with Crippen LogP contribution in [0, 0.1) is 11.8 Å². The van der Waals surface area contributed by atoms with E-state index in [4.69, 9.17) is 4.74 Å². The number of hydrogen-bond donors (Lipinski definition) is 2. The lowest BCUT2D eigenvalue weighted by Gasteiger charge is -2.34. The number of carbonyl (C=O) groups excluding carboxylic acids is 2. The molecule has 0 aliphatic carbocycles. The molecule has 1 saturated heterocycles. The summed E-state index contributed by atoms with van der Waals surface area (Å²) in [7, 11) is -2.08. The average molecular weight is 474 g/mol. The molecule has 2 atom stereocenters. The molecule has 2 aromatic rings. The molecule has 2 N–H and O–H groups in total. The van der Waals surface area contributed by atoms with E-state index in [0.717, 1.165) is 6.42 Å². The molecule has 0 spiro atoms. The largest absolute Gasteiger partial charge is 0.496 e. The molecule has 2 aromatic carbocycles. The van der Waals surface area contributed by atoms with Gasteiger partial charge in [0, 0.05) is 31.7 Å². The average Bonchev–Trinajstić information content (AvgIpc) is 2.78. The highest BCUT2D eigenvalue weighted by Crippen LogP contribution is 2.27. The van der Waals surface area contributed by atoms with E-state index in [1.807, 2.05) is 0 Å². The van der Waals surface area contributed by atoms with Gasteiger partial charge >= 0.3 is 0 Å². The zero-order valence-electron chi connectivity index (χ0n) is 19.2. The van der Waals surface area contributed by atoms with Crippen LogP contribution in [0.4, 0.5) is 5.69 Å². The Morgan fingerprint density at radius 3 is 2.30 bits per heavy atom. The molecule has 33 heavy (non-hydrogen) atoms. The third-order valence-electron chi connectivity index (χ3n) is 5.60. The fourth-order valence-electron chi connectivity index (χ4n) is 4.10. The maximum Gasteiger partial charge on any atom is 0.255 e. The van der Waals surface area contributed by atoms with Crippen LogP contribution in [0.25, 0.3) is 0 Å². The lowest BCUT2D eigenvalue weighted by atomic mass is 9.94. The number of rotatable bonds is 8. The number of sulfonamides is 1. The summed E-state index contributed by atoms with van der Waals surface area (Å²) in [6, 6.07) is 13.0. The highest BCUT2D eigenvalue weighted by Gasteiger charge is 2.31. The molecule has 0 unspecified atom stereocenters. The third-order valence-corrected chi connectivity index (χ3v) is 7.45. The Labute approximate surface area is 195 Å². The van der Waals surface area contributed by atoms with Crippen molar-refractivity contribution in [1.29, 1.82) is 0 Å². The summed E-state index contributed by atoms with van der Waals surface area (Å²) in [5.41, 5.74) is 0.894. The van der Waals surface area contributed by atoms with Gasteiger partial charge in [-0.3, -0.25) is 9.59 Å². The van der Waals surface area contributed by atoms with Gasteiger partial charge in [0.2, 0.25) is 15.9 Å². The Morgan fingerprint density at radius 1 is 1.03 bits per heavy atom. The predicted molar refractivity (Wildman–Crippen MR) is 127 cm³/mol. The normalized spacial score (nSPS) is 19.0. The lowest BCUT2D eigenvalue weighted by Crippen LogP contribution is -2.42. The standard InChI is InChI=1S/C24H31N3O5S/c1-17-14-18(2)16-27(15-17)33(30,31)20-10-8-19(9-11-20)26-23(28)12-13-25-24(29)21-6-4-5-7-22(21)32-3/h4-11,17-18H,12-16H2,1-3H3,(H,25,29)(H,26,28)/t17-,18-/m0/s1. The van der Waals surface area contributed by atoms with Crippen LogP contribution in [0.5, 0.6) is 5.75 Å². The molecule has 1 aliphatic rings. The van der Waals surface area contributed by atoms with Crippen LogP contribution in [-0.2, 0) is 14.8 Å². The van der Waals surface area contributed by atoms with Crippen LogP contribution >= 0.6 is 0 Å². The van der Waals surface area contributed by atoms with Crippen molar-refractivity contribution in [3.8, 4) is 5.75 Å². The van der Waals surface area contributed by atoms with E-state index in [1.165, 1.54) is 19.2 Å². The zero-order chi connectivity index (χ0) is 24.0. The fraction of sp³-hybridized carbons (Fsp3) is 0.417. The Kier molecular flexibility index (Phi) is 8.10. The van der Waals surface area contributed by atoms with E-state index >= 15 is 0 Å². The molecule has 8 nitrogen and oxygen atoms in total. The first kappa shape index (κ1) is 24.7. The van der Waals surface area contributed by atoms with Gasteiger partial charge in [0.05, 0.1) is 17.6 Å². The topological polar surface area (TPSA) is 105 Å². The number of methoxy groups -OCH3 is 1. The second-order valence-electron chi connectivity index (χ2n) is 8.55. The van der Waals surface area contributed by atoms with Gasteiger partial charge in [-0.25, -0.2) is 8.42 Å². The predicted octanol–water partition coefficient (Wildman–Crippen LogP) is 3.12. The molecule has 9 heteroatoms. The molecule has 1 aliphatic heterocycles. The Bertz CT molecular complexity index is 1080. The lowest BCUT2D eigenvalue weighted by molar-refractivity contribution is -0.116. The molecular formula is C24H31N3O5S. The Morgan fingerprint density at radius 2 is 1.67 bits per heavy atom. The van der Waals surface area contributed by atoms with Crippen LogP contribution in [0.1, 0.15) is 37.0 Å². The molecule has 178 valence electrons. The Balaban J connectivity index is 1.52. The number of carbonyl (C=O) groups is 2. The molecular weight excluding hydrogens is 442 g/mol. The number of ether oxygens (including phenoxy) is 1. The van der Waals surface area contributed by atoms with Gasteiger partial charge in [0.25, 0.3) is 5.91 Å². The molecule has 3 rings (SSSR count). The van der Waals surface area contributed by atoms with E-state index in [2.05, 4.69) is 24.5 Å². The molecule has 1 fully saturated rings. The molecule has 0 radical (unpaired) electrons. The third kappa shape index (κ3) is 6.33. The maximum atomic E-state index is 13.0. The number of nitrogens with zero attached hydrogens (tertiary/aromatic N) is 1. The van der Waals surface area contributed by atoms with Crippen molar-refractivity contribution in [2.24, 2.45) is 11.8 Å². The SMILES string of the molecule is COc1ccccc1C(=O)NCCC(=O)Nc1ccc(S(=O)(=O)N2C[C@@H](C)C[C@H](C)C2)cc1. The number of piperidine rings is 1. The van der Waals surface area contributed by atoms with Gasteiger partial charge in [-0.2, -0.15) is 4.31 Å². The van der Waals surface area contributed by atoms with Gasteiger partial charge in [0.15, 0.2) is 0 Å². The van der Waals surface area contributed by atoms with Crippen LogP contribution in [0.3, 0.4) is 0 Å². The number of anilines is 1. The van der Waals surface area contributed by atoms with Gasteiger partial charge in [0.1, 0.15) is 5.75 Å². The quantitative estimate of drug-likeness (QED) is 0.613. The summed E-state index contributed by atoms with van der Waals surface area (Å²) in [5.74, 6) is 0.500. The highest BCUT2D eigenvalue weighted by molar-refractivity contribution is 7.89. The van der Waals surface area contributed by atoms with E-state index in [0.29, 0.717) is 41.9 Å². The van der Waals surface area contributed by atoms with Crippen molar-refractivity contribution in [3.05, 3.63) is 54.1 Å². The van der Waals surface area contributed by atoms with Crippen molar-refractivity contribution in [1.82, 2.24) is 9.62 Å². The number of nitrogens with one attached hydrogen (secondary N) is 2. The van der Waals surface area contributed by atoms with E-state index in [9.17, 15) is 18.0 Å². The fourth-order valence-corrected chi connectivity index (χ4v) is 5.78. The van der Waals surface area contributed by atoms with Crippen molar-refractivity contribution in [2.75, 3.05) is 32.1 Å². The van der Waals surface area contributed by atoms with E-state index < -0.39 is 10.0 Å². The Hall–Kier alpha value is -2.91. The van der Waals surface area contributed by atoms with Crippen LogP contribution < -0.4 is 15.4 Å². The molecule has 1 heterocycles. The van der Waals surface area contributed by atoms with Crippen molar-refractivity contribution in [2.45, 2.75) is 31.6 Å². The summed E-state index contributed by atoms with van der Waals surface area (Å²) < 4.78 is 32.7. The molecule has 2 amide bonds. The van der Waals surface area contributed by atoms with Crippen molar-refractivity contribution >= 4 is 27.5 Å². The number of benzene rings is 2. The summed E-state index contributed by atoms with van der Waals surface area (Å²) >= 11 is 0. The van der Waals surface area contributed by atoms with Gasteiger partial charge in [-0.15, -0.1) is 0 Å². The minimum atomic E-state index is -3.57. The number of hydrogen-bond acceptors (Lipinski definition) is 5. The second kappa shape index (κ2) is 10.8. The van der Waals surface area contributed by atoms with E-state index in [-0.39, 0.29) is 29.7 Å². The highest BCUT2D eigenvalue weighted by atomic mass is 32.2. The number of para-hydroxylation sites is 1.